The molecule has 32 heavy (non-hydrogen) atoms. The number of thiazole rings is 1. The van der Waals surface area contributed by atoms with Gasteiger partial charge in [0.05, 0.1) is 33.7 Å². The zero-order valence-electron chi connectivity index (χ0n) is 17.0. The first-order chi connectivity index (χ1) is 15.5. The Morgan fingerprint density at radius 1 is 1.06 bits per heavy atom. The summed E-state index contributed by atoms with van der Waals surface area (Å²) in [5.74, 6) is 0.536. The summed E-state index contributed by atoms with van der Waals surface area (Å²) in [5, 5.41) is 3.76. The number of carbonyl (C=O) groups excluding carboxylic acids is 1. The zero-order chi connectivity index (χ0) is 22.2. The number of rotatable bonds is 4. The molecule has 0 fully saturated rings. The van der Waals surface area contributed by atoms with Crippen LogP contribution in [0.1, 0.15) is 12.5 Å². The van der Waals surface area contributed by atoms with Crippen LogP contribution in [0.25, 0.3) is 22.0 Å². The van der Waals surface area contributed by atoms with E-state index in [1.54, 1.807) is 30.2 Å². The van der Waals surface area contributed by atoms with Crippen molar-refractivity contribution < 1.29 is 9.53 Å². The van der Waals surface area contributed by atoms with Crippen molar-refractivity contribution in [3.05, 3.63) is 81.8 Å². The zero-order valence-corrected chi connectivity index (χ0v) is 19.3. The number of amides is 1. The molecule has 0 spiro atoms. The van der Waals surface area contributed by atoms with Gasteiger partial charge in [-0.1, -0.05) is 35.3 Å². The fraction of sp³-hybridized carbons (Fsp3) is 0.125. The summed E-state index contributed by atoms with van der Waals surface area (Å²) >= 11 is 13.8. The van der Waals surface area contributed by atoms with Gasteiger partial charge in [-0.2, -0.15) is 0 Å². The van der Waals surface area contributed by atoms with Gasteiger partial charge in [0.1, 0.15) is 10.8 Å². The number of fused-ring (bicyclic) bond motifs is 1. The quantitative estimate of drug-likeness (QED) is 0.334. The molecule has 4 aromatic rings. The summed E-state index contributed by atoms with van der Waals surface area (Å²) in [6.07, 6.45) is 1.17. The Balaban J connectivity index is 1.51. The lowest BCUT2D eigenvalue weighted by atomic mass is 10.1. The summed E-state index contributed by atoms with van der Waals surface area (Å²) in [6.45, 7) is 2.11. The molecule has 5 rings (SSSR count). The summed E-state index contributed by atoms with van der Waals surface area (Å²) in [5.41, 5.74) is 4.12. The Labute approximate surface area is 199 Å². The van der Waals surface area contributed by atoms with Crippen LogP contribution >= 0.6 is 34.5 Å². The van der Waals surface area contributed by atoms with E-state index in [1.807, 2.05) is 47.8 Å². The second-order valence-electron chi connectivity index (χ2n) is 7.37. The highest BCUT2D eigenvalue weighted by molar-refractivity contribution is 7.13. The maximum Gasteiger partial charge on any atom is 0.268 e. The lowest BCUT2D eigenvalue weighted by Gasteiger charge is -2.33. The largest absolute Gasteiger partial charge is 0.479 e. The maximum atomic E-state index is 13.0. The molecule has 0 N–H and O–H groups in total. The van der Waals surface area contributed by atoms with Crippen molar-refractivity contribution in [1.82, 2.24) is 9.97 Å². The standard InChI is InChI=1S/C24H17Cl2N3O2S/c1-14-24(30)29(12-15-5-7-17(25)18(26)10-15)21-11-16(6-8-22(21)31-14)20-13-32-23(28-20)19-4-2-3-9-27-19/h2-11,13-14H,12H2,1H3. The van der Waals surface area contributed by atoms with E-state index in [0.717, 1.165) is 27.5 Å². The van der Waals surface area contributed by atoms with E-state index in [4.69, 9.17) is 32.9 Å². The van der Waals surface area contributed by atoms with E-state index in [1.165, 1.54) is 11.3 Å². The third-order valence-corrected chi connectivity index (χ3v) is 6.78. The Hall–Kier alpha value is -2.93. The van der Waals surface area contributed by atoms with Gasteiger partial charge in [-0.3, -0.25) is 9.78 Å². The highest BCUT2D eigenvalue weighted by Crippen LogP contribution is 2.39. The first kappa shape index (κ1) is 20.9. The average molecular weight is 482 g/mol. The predicted octanol–water partition coefficient (Wildman–Crippen LogP) is 6.49. The molecule has 0 radical (unpaired) electrons. The Morgan fingerprint density at radius 2 is 1.94 bits per heavy atom. The number of benzene rings is 2. The van der Waals surface area contributed by atoms with Gasteiger partial charge in [0.2, 0.25) is 0 Å². The van der Waals surface area contributed by atoms with Crippen molar-refractivity contribution in [2.75, 3.05) is 4.90 Å². The van der Waals surface area contributed by atoms with E-state index in [0.29, 0.717) is 28.0 Å². The predicted molar refractivity (Wildman–Crippen MR) is 129 cm³/mol. The third kappa shape index (κ3) is 3.97. The molecular weight excluding hydrogens is 465 g/mol. The molecule has 2 aromatic heterocycles. The van der Waals surface area contributed by atoms with Crippen LogP contribution in [0.4, 0.5) is 5.69 Å². The molecule has 0 saturated heterocycles. The average Bonchev–Trinajstić information content (AvgIpc) is 3.30. The van der Waals surface area contributed by atoms with Crippen molar-refractivity contribution in [3.8, 4) is 27.7 Å². The van der Waals surface area contributed by atoms with Gasteiger partial charge in [0.25, 0.3) is 5.91 Å². The van der Waals surface area contributed by atoms with Crippen molar-refractivity contribution in [2.45, 2.75) is 19.6 Å². The van der Waals surface area contributed by atoms with Crippen LogP contribution in [0, 0.1) is 0 Å². The number of aromatic nitrogens is 2. The number of anilines is 1. The van der Waals surface area contributed by atoms with Crippen molar-refractivity contribution in [2.24, 2.45) is 0 Å². The second-order valence-corrected chi connectivity index (χ2v) is 9.04. The highest BCUT2D eigenvalue weighted by Gasteiger charge is 2.32. The smallest absolute Gasteiger partial charge is 0.268 e. The first-order valence-corrected chi connectivity index (χ1v) is 11.6. The van der Waals surface area contributed by atoms with Gasteiger partial charge in [-0.25, -0.2) is 4.98 Å². The first-order valence-electron chi connectivity index (χ1n) is 9.93. The molecule has 5 nitrogen and oxygen atoms in total. The molecule has 0 aliphatic carbocycles. The summed E-state index contributed by atoms with van der Waals surface area (Å²) in [7, 11) is 0. The number of halogens is 2. The van der Waals surface area contributed by atoms with Crippen molar-refractivity contribution >= 4 is 46.1 Å². The summed E-state index contributed by atoms with van der Waals surface area (Å²) in [4.78, 5) is 23.8. The molecule has 1 aliphatic heterocycles. The monoisotopic (exact) mass is 481 g/mol. The van der Waals surface area contributed by atoms with Crippen LogP contribution in [0.2, 0.25) is 10.0 Å². The van der Waals surface area contributed by atoms with Gasteiger partial charge in [0, 0.05) is 17.1 Å². The van der Waals surface area contributed by atoms with Gasteiger partial charge < -0.3 is 9.64 Å². The number of ether oxygens (including phenoxy) is 1. The summed E-state index contributed by atoms with van der Waals surface area (Å²) < 4.78 is 5.85. The molecule has 3 heterocycles. The van der Waals surface area contributed by atoms with E-state index >= 15 is 0 Å². The van der Waals surface area contributed by atoms with E-state index in [2.05, 4.69) is 4.98 Å². The Kier molecular flexibility index (Phi) is 5.59. The minimum absolute atomic E-state index is 0.117. The molecule has 1 amide bonds. The third-order valence-electron chi connectivity index (χ3n) is 5.18. The van der Waals surface area contributed by atoms with E-state index in [9.17, 15) is 4.79 Å². The fourth-order valence-electron chi connectivity index (χ4n) is 3.56. The van der Waals surface area contributed by atoms with Crippen LogP contribution in [0.15, 0.2) is 66.2 Å². The fourth-order valence-corrected chi connectivity index (χ4v) is 4.69. The molecule has 2 aromatic carbocycles. The Bertz CT molecular complexity index is 1310. The Morgan fingerprint density at radius 3 is 2.72 bits per heavy atom. The lowest BCUT2D eigenvalue weighted by Crippen LogP contribution is -2.44. The molecule has 0 saturated carbocycles. The number of hydrogen-bond donors (Lipinski definition) is 0. The molecule has 0 bridgehead atoms. The van der Waals surface area contributed by atoms with Crippen LogP contribution in [-0.2, 0) is 11.3 Å². The van der Waals surface area contributed by atoms with Crippen LogP contribution < -0.4 is 9.64 Å². The second kappa shape index (κ2) is 8.54. The molecule has 1 unspecified atom stereocenters. The van der Waals surface area contributed by atoms with Gasteiger partial charge in [-0.05, 0) is 55.0 Å². The lowest BCUT2D eigenvalue weighted by molar-refractivity contribution is -0.125. The van der Waals surface area contributed by atoms with E-state index in [-0.39, 0.29) is 5.91 Å². The number of hydrogen-bond acceptors (Lipinski definition) is 5. The normalized spacial score (nSPS) is 15.4. The topological polar surface area (TPSA) is 55.3 Å². The molecule has 8 heteroatoms. The molecular formula is C24H17Cl2N3O2S. The van der Waals surface area contributed by atoms with Gasteiger partial charge in [-0.15, -0.1) is 11.3 Å². The van der Waals surface area contributed by atoms with Crippen molar-refractivity contribution in [1.29, 1.82) is 0 Å². The van der Waals surface area contributed by atoms with E-state index < -0.39 is 6.10 Å². The van der Waals surface area contributed by atoms with Crippen molar-refractivity contribution in [3.63, 3.8) is 0 Å². The number of carbonyl (C=O) groups is 1. The van der Waals surface area contributed by atoms with Crippen LogP contribution in [0.5, 0.6) is 5.75 Å². The minimum Gasteiger partial charge on any atom is -0.479 e. The SMILES string of the molecule is CC1Oc2ccc(-c3csc(-c4ccccn4)n3)cc2N(Cc2ccc(Cl)c(Cl)c2)C1=O. The maximum absolute atomic E-state index is 13.0. The van der Waals surface area contributed by atoms with Crippen LogP contribution in [-0.4, -0.2) is 22.0 Å². The number of nitrogens with zero attached hydrogens (tertiary/aromatic N) is 3. The molecule has 1 aliphatic rings. The molecule has 160 valence electrons. The van der Waals surface area contributed by atoms with Gasteiger partial charge >= 0.3 is 0 Å². The van der Waals surface area contributed by atoms with Gasteiger partial charge in [0.15, 0.2) is 6.10 Å². The molecule has 1 atom stereocenters. The highest BCUT2D eigenvalue weighted by atomic mass is 35.5. The summed E-state index contributed by atoms with van der Waals surface area (Å²) in [6, 6.07) is 16.9. The minimum atomic E-state index is -0.578. The number of pyridine rings is 1. The van der Waals surface area contributed by atoms with Crippen LogP contribution in [0.3, 0.4) is 0 Å².